The van der Waals surface area contributed by atoms with Gasteiger partial charge >= 0.3 is 0 Å². The molecule has 13 heavy (non-hydrogen) atoms. The van der Waals surface area contributed by atoms with E-state index in [1.54, 1.807) is 5.57 Å². The molecule has 0 N–H and O–H groups in total. The van der Waals surface area contributed by atoms with Crippen molar-refractivity contribution in [2.24, 2.45) is 17.3 Å². The quantitative estimate of drug-likeness (QED) is 0.448. The van der Waals surface area contributed by atoms with Crippen LogP contribution in [0.15, 0.2) is 11.6 Å². The molecule has 2 bridgehead atoms. The van der Waals surface area contributed by atoms with Gasteiger partial charge in [0.25, 0.3) is 0 Å². The van der Waals surface area contributed by atoms with E-state index in [1.165, 1.54) is 12.8 Å². The normalized spacial score (nSPS) is 34.4. The van der Waals surface area contributed by atoms with Gasteiger partial charge < -0.3 is 4.85 Å². The molecule has 0 unspecified atom stereocenters. The predicted molar refractivity (Wildman–Crippen MR) is 54.2 cm³/mol. The fourth-order valence-electron chi connectivity index (χ4n) is 2.94. The van der Waals surface area contributed by atoms with Gasteiger partial charge in [-0.15, -0.1) is 0 Å². The zero-order chi connectivity index (χ0) is 9.47. The minimum Gasteiger partial charge on any atom is -0.317 e. The molecule has 0 radical (unpaired) electrons. The average Bonchev–Trinajstić information content (AvgIpc) is 2.14. The minimum atomic E-state index is 0.534. The Morgan fingerprint density at radius 2 is 2.38 bits per heavy atom. The van der Waals surface area contributed by atoms with E-state index in [9.17, 15) is 0 Å². The van der Waals surface area contributed by atoms with Crippen LogP contribution in [0.2, 0.25) is 0 Å². The smallest absolute Gasteiger partial charge is 0.218 e. The second kappa shape index (κ2) is 2.87. The highest BCUT2D eigenvalue weighted by molar-refractivity contribution is 5.23. The minimum absolute atomic E-state index is 0.534. The van der Waals surface area contributed by atoms with Crippen molar-refractivity contribution in [3.8, 4) is 0 Å². The van der Waals surface area contributed by atoms with Gasteiger partial charge in [-0.2, -0.15) is 0 Å². The topological polar surface area (TPSA) is 4.36 Å². The molecule has 3 aliphatic carbocycles. The van der Waals surface area contributed by atoms with Crippen LogP contribution in [0.5, 0.6) is 0 Å². The first-order valence-electron chi connectivity index (χ1n) is 5.18. The predicted octanol–water partition coefficient (Wildman–Crippen LogP) is 3.29. The summed E-state index contributed by atoms with van der Waals surface area (Å²) in [5, 5.41) is 0. The Labute approximate surface area is 80.7 Å². The SMILES string of the molecule is [C-]#[N+]CCC1=CC[C@H]2C[C@@H]1C2(C)C. The standard InChI is InChI=1S/C12H17N/c1-12(2)10-5-4-9(6-7-13-3)11(12)8-10/h4,10-11H,5-8H2,1-2H3/t10-,11-/m0/s1. The van der Waals surface area contributed by atoms with Crippen molar-refractivity contribution in [3.05, 3.63) is 23.1 Å². The second-order valence-corrected chi connectivity index (χ2v) is 4.95. The molecule has 1 heteroatoms. The summed E-state index contributed by atoms with van der Waals surface area (Å²) < 4.78 is 0. The molecule has 0 heterocycles. The summed E-state index contributed by atoms with van der Waals surface area (Å²) in [6.07, 6.45) is 6.06. The summed E-state index contributed by atoms with van der Waals surface area (Å²) >= 11 is 0. The van der Waals surface area contributed by atoms with E-state index in [0.29, 0.717) is 12.0 Å². The highest BCUT2D eigenvalue weighted by atomic mass is 14.6. The molecule has 1 fully saturated rings. The monoisotopic (exact) mass is 175 g/mol. The van der Waals surface area contributed by atoms with Crippen LogP contribution in [0.4, 0.5) is 0 Å². The van der Waals surface area contributed by atoms with Gasteiger partial charge in [-0.1, -0.05) is 25.5 Å². The zero-order valence-corrected chi connectivity index (χ0v) is 8.51. The van der Waals surface area contributed by atoms with Gasteiger partial charge in [0.15, 0.2) is 0 Å². The molecule has 0 aromatic rings. The van der Waals surface area contributed by atoms with Crippen molar-refractivity contribution in [1.29, 1.82) is 0 Å². The lowest BCUT2D eigenvalue weighted by Crippen LogP contribution is -2.48. The Bertz CT molecular complexity index is 280. The summed E-state index contributed by atoms with van der Waals surface area (Å²) in [6.45, 7) is 12.3. The molecule has 70 valence electrons. The van der Waals surface area contributed by atoms with Crippen molar-refractivity contribution < 1.29 is 0 Å². The van der Waals surface area contributed by atoms with Crippen molar-refractivity contribution in [1.82, 2.24) is 0 Å². The molecule has 0 spiro atoms. The highest BCUT2D eigenvalue weighted by Gasteiger charge is 2.50. The van der Waals surface area contributed by atoms with Gasteiger partial charge in [0.1, 0.15) is 0 Å². The first-order chi connectivity index (χ1) is 6.16. The fourth-order valence-corrected chi connectivity index (χ4v) is 2.94. The maximum atomic E-state index is 6.80. The van der Waals surface area contributed by atoms with E-state index in [2.05, 4.69) is 24.8 Å². The lowest BCUT2D eigenvalue weighted by Gasteiger charge is -2.56. The highest BCUT2D eigenvalue weighted by Crippen LogP contribution is 2.59. The molecule has 0 aliphatic heterocycles. The number of hydrogen-bond acceptors (Lipinski definition) is 0. The van der Waals surface area contributed by atoms with E-state index in [4.69, 9.17) is 6.57 Å². The van der Waals surface area contributed by atoms with Gasteiger partial charge in [-0.05, 0) is 30.1 Å². The first-order valence-corrected chi connectivity index (χ1v) is 5.18. The molecule has 0 saturated heterocycles. The molecule has 0 amide bonds. The molecule has 1 nitrogen and oxygen atoms in total. The molecule has 0 aromatic heterocycles. The van der Waals surface area contributed by atoms with Crippen molar-refractivity contribution in [2.45, 2.75) is 33.1 Å². The van der Waals surface area contributed by atoms with Crippen LogP contribution in [0, 0.1) is 23.8 Å². The van der Waals surface area contributed by atoms with E-state index in [0.717, 1.165) is 18.3 Å². The van der Waals surface area contributed by atoms with Crippen LogP contribution < -0.4 is 0 Å². The van der Waals surface area contributed by atoms with Gasteiger partial charge in [0.05, 0.1) is 0 Å². The number of hydrogen-bond donors (Lipinski definition) is 0. The van der Waals surface area contributed by atoms with E-state index >= 15 is 0 Å². The van der Waals surface area contributed by atoms with Crippen LogP contribution in [0.1, 0.15) is 33.1 Å². The van der Waals surface area contributed by atoms with Crippen molar-refractivity contribution >= 4 is 0 Å². The van der Waals surface area contributed by atoms with Crippen LogP contribution in [0.3, 0.4) is 0 Å². The van der Waals surface area contributed by atoms with Crippen molar-refractivity contribution in [2.75, 3.05) is 6.54 Å². The molecule has 1 saturated carbocycles. The number of nitrogens with zero attached hydrogens (tertiary/aromatic N) is 1. The van der Waals surface area contributed by atoms with Gasteiger partial charge in [-0.25, -0.2) is 6.57 Å². The van der Waals surface area contributed by atoms with Crippen LogP contribution >= 0.6 is 0 Å². The van der Waals surface area contributed by atoms with Crippen LogP contribution in [0.25, 0.3) is 4.85 Å². The molecule has 3 rings (SSSR count). The van der Waals surface area contributed by atoms with Gasteiger partial charge in [0.2, 0.25) is 6.54 Å². The van der Waals surface area contributed by atoms with E-state index in [1.807, 2.05) is 0 Å². The number of fused-ring (bicyclic) bond motifs is 1. The molecular formula is C12H17N. The average molecular weight is 175 g/mol. The maximum Gasteiger partial charge on any atom is 0.218 e. The third-order valence-electron chi connectivity index (χ3n) is 4.09. The Morgan fingerprint density at radius 3 is 2.92 bits per heavy atom. The maximum absolute atomic E-state index is 6.80. The molecular weight excluding hydrogens is 158 g/mol. The number of allylic oxidation sites excluding steroid dienone is 1. The largest absolute Gasteiger partial charge is 0.317 e. The summed E-state index contributed by atoms with van der Waals surface area (Å²) in [7, 11) is 0. The molecule has 0 aromatic carbocycles. The first kappa shape index (κ1) is 8.81. The Hall–Kier alpha value is -0.770. The van der Waals surface area contributed by atoms with Crippen LogP contribution in [-0.4, -0.2) is 6.54 Å². The third kappa shape index (κ3) is 1.20. The van der Waals surface area contributed by atoms with Crippen LogP contribution in [-0.2, 0) is 0 Å². The van der Waals surface area contributed by atoms with Crippen molar-refractivity contribution in [3.63, 3.8) is 0 Å². The Balaban J connectivity index is 2.06. The summed E-state index contributed by atoms with van der Waals surface area (Å²) in [5.41, 5.74) is 2.11. The summed E-state index contributed by atoms with van der Waals surface area (Å²) in [4.78, 5) is 3.44. The second-order valence-electron chi connectivity index (χ2n) is 4.95. The lowest BCUT2D eigenvalue weighted by molar-refractivity contribution is -0.00783. The third-order valence-corrected chi connectivity index (χ3v) is 4.09. The fraction of sp³-hybridized carbons (Fsp3) is 0.750. The van der Waals surface area contributed by atoms with E-state index < -0.39 is 0 Å². The summed E-state index contributed by atoms with van der Waals surface area (Å²) in [6, 6.07) is 0. The van der Waals surface area contributed by atoms with Gasteiger partial charge in [-0.3, -0.25) is 0 Å². The summed E-state index contributed by atoms with van der Waals surface area (Å²) in [5.74, 6) is 1.72. The lowest BCUT2D eigenvalue weighted by atomic mass is 9.48. The molecule has 2 atom stereocenters. The zero-order valence-electron chi connectivity index (χ0n) is 8.51. The number of rotatable bonds is 2. The molecule has 3 aliphatic rings. The van der Waals surface area contributed by atoms with E-state index in [-0.39, 0.29) is 0 Å². The Morgan fingerprint density at radius 1 is 1.62 bits per heavy atom. The Kier molecular flexibility index (Phi) is 1.95. The van der Waals surface area contributed by atoms with Gasteiger partial charge in [0, 0.05) is 6.42 Å².